The third-order valence-electron chi connectivity index (χ3n) is 4.03. The molecule has 1 aromatic heterocycles. The van der Waals surface area contributed by atoms with Gasteiger partial charge < -0.3 is 15.5 Å². The van der Waals surface area contributed by atoms with E-state index >= 15 is 0 Å². The first-order chi connectivity index (χ1) is 9.69. The Labute approximate surface area is 121 Å². The molecule has 1 fully saturated rings. The van der Waals surface area contributed by atoms with E-state index < -0.39 is 0 Å². The average molecular weight is 278 g/mol. The first kappa shape index (κ1) is 14.8. The second-order valence-electron chi connectivity index (χ2n) is 5.22. The summed E-state index contributed by atoms with van der Waals surface area (Å²) in [6.45, 7) is 9.17. The van der Waals surface area contributed by atoms with E-state index in [-0.39, 0.29) is 0 Å². The molecule has 0 aliphatic carbocycles. The van der Waals surface area contributed by atoms with Crippen LogP contribution >= 0.6 is 0 Å². The summed E-state index contributed by atoms with van der Waals surface area (Å²) in [5.74, 6) is 1.75. The Kier molecular flexibility index (Phi) is 4.98. The van der Waals surface area contributed by atoms with Crippen LogP contribution in [0.5, 0.6) is 0 Å². The van der Waals surface area contributed by atoms with Crippen LogP contribution in [-0.4, -0.2) is 40.6 Å². The van der Waals surface area contributed by atoms with Crippen LogP contribution in [0.2, 0.25) is 0 Å². The molecule has 0 aromatic carbocycles. The third-order valence-corrected chi connectivity index (χ3v) is 4.03. The summed E-state index contributed by atoms with van der Waals surface area (Å²) >= 11 is 0. The summed E-state index contributed by atoms with van der Waals surface area (Å²) in [7, 11) is 0. The Morgan fingerprint density at radius 2 is 1.90 bits per heavy atom. The molecule has 1 aliphatic heterocycles. The zero-order chi connectivity index (χ0) is 14.5. The lowest BCUT2D eigenvalue weighted by atomic mass is 10.0. The number of hydrogen-bond donors (Lipinski definition) is 1. The molecule has 1 atom stereocenters. The van der Waals surface area contributed by atoms with Gasteiger partial charge in [-0.15, -0.1) is 0 Å². The third kappa shape index (κ3) is 3.11. The van der Waals surface area contributed by atoms with Crippen molar-refractivity contribution in [2.24, 2.45) is 0 Å². The molecule has 0 spiro atoms. The van der Waals surface area contributed by atoms with Crippen LogP contribution in [0.25, 0.3) is 0 Å². The summed E-state index contributed by atoms with van der Waals surface area (Å²) in [6.07, 6.45) is 4.82. The Bertz CT molecular complexity index is 432. The molecule has 0 radical (unpaired) electrons. The molecule has 0 bridgehead atoms. The smallest absolute Gasteiger partial charge is 0.232 e. The van der Waals surface area contributed by atoms with E-state index in [9.17, 15) is 0 Å². The molecule has 1 saturated heterocycles. The van der Waals surface area contributed by atoms with Crippen molar-refractivity contribution in [1.82, 2.24) is 15.0 Å². The SMILES string of the molecule is CCC1CCCCN1c1nc(N)nc(N(CC)CC)n1. The van der Waals surface area contributed by atoms with Crippen molar-refractivity contribution in [2.45, 2.75) is 52.5 Å². The predicted molar refractivity (Wildman–Crippen MR) is 83.1 cm³/mol. The maximum Gasteiger partial charge on any atom is 0.232 e. The lowest BCUT2D eigenvalue weighted by molar-refractivity contribution is 0.443. The Morgan fingerprint density at radius 1 is 1.15 bits per heavy atom. The molecule has 1 aromatic rings. The van der Waals surface area contributed by atoms with E-state index in [4.69, 9.17) is 5.73 Å². The highest BCUT2D eigenvalue weighted by Gasteiger charge is 2.24. The number of anilines is 3. The van der Waals surface area contributed by atoms with Gasteiger partial charge in [-0.2, -0.15) is 15.0 Å². The van der Waals surface area contributed by atoms with Crippen LogP contribution in [0.1, 0.15) is 46.5 Å². The van der Waals surface area contributed by atoms with Crippen molar-refractivity contribution in [1.29, 1.82) is 0 Å². The Morgan fingerprint density at radius 3 is 2.55 bits per heavy atom. The van der Waals surface area contributed by atoms with Crippen molar-refractivity contribution >= 4 is 17.8 Å². The second kappa shape index (κ2) is 6.72. The normalized spacial score (nSPS) is 19.1. The second-order valence-corrected chi connectivity index (χ2v) is 5.22. The van der Waals surface area contributed by atoms with Crippen LogP contribution < -0.4 is 15.5 Å². The van der Waals surface area contributed by atoms with E-state index in [2.05, 4.69) is 45.5 Å². The highest BCUT2D eigenvalue weighted by molar-refractivity contribution is 5.44. The molecule has 1 aliphatic rings. The summed E-state index contributed by atoms with van der Waals surface area (Å²) in [6, 6.07) is 0.523. The molecule has 2 rings (SSSR count). The van der Waals surface area contributed by atoms with Crippen molar-refractivity contribution < 1.29 is 0 Å². The van der Waals surface area contributed by atoms with Crippen molar-refractivity contribution in [3.63, 3.8) is 0 Å². The molecule has 6 heteroatoms. The van der Waals surface area contributed by atoms with Gasteiger partial charge in [0.15, 0.2) is 0 Å². The molecular weight excluding hydrogens is 252 g/mol. The highest BCUT2D eigenvalue weighted by Crippen LogP contribution is 2.25. The van der Waals surface area contributed by atoms with E-state index in [1.165, 1.54) is 19.3 Å². The first-order valence-electron chi connectivity index (χ1n) is 7.72. The highest BCUT2D eigenvalue weighted by atomic mass is 15.4. The average Bonchev–Trinajstić information content (AvgIpc) is 2.48. The summed E-state index contributed by atoms with van der Waals surface area (Å²) in [5, 5.41) is 0. The van der Waals surface area contributed by atoms with Gasteiger partial charge in [-0.1, -0.05) is 6.92 Å². The lowest BCUT2D eigenvalue weighted by Crippen LogP contribution is -2.40. The summed E-state index contributed by atoms with van der Waals surface area (Å²) < 4.78 is 0. The molecule has 20 heavy (non-hydrogen) atoms. The van der Waals surface area contributed by atoms with E-state index in [1.807, 2.05) is 0 Å². The van der Waals surface area contributed by atoms with E-state index in [0.717, 1.165) is 32.0 Å². The van der Waals surface area contributed by atoms with Crippen molar-refractivity contribution in [2.75, 3.05) is 35.2 Å². The van der Waals surface area contributed by atoms with Crippen molar-refractivity contribution in [3.8, 4) is 0 Å². The Balaban J connectivity index is 2.30. The zero-order valence-electron chi connectivity index (χ0n) is 12.8. The van der Waals surface area contributed by atoms with E-state index in [0.29, 0.717) is 17.9 Å². The van der Waals surface area contributed by atoms with Crippen molar-refractivity contribution in [3.05, 3.63) is 0 Å². The molecule has 2 heterocycles. The van der Waals surface area contributed by atoms with Crippen LogP contribution in [0, 0.1) is 0 Å². The molecular formula is C14H26N6. The number of nitrogens with two attached hydrogens (primary N) is 1. The van der Waals surface area contributed by atoms with Crippen LogP contribution in [0.3, 0.4) is 0 Å². The van der Waals surface area contributed by atoms with Crippen LogP contribution in [0.4, 0.5) is 17.8 Å². The quantitative estimate of drug-likeness (QED) is 0.889. The molecule has 0 amide bonds. The maximum absolute atomic E-state index is 5.88. The number of piperidine rings is 1. The standard InChI is InChI=1S/C14H26N6/c1-4-11-9-7-8-10-20(11)14-17-12(15)16-13(18-14)19(5-2)6-3/h11H,4-10H2,1-3H3,(H2,15,16,17,18). The molecule has 0 saturated carbocycles. The predicted octanol–water partition coefficient (Wildman–Crippen LogP) is 2.07. The molecule has 2 N–H and O–H groups in total. The van der Waals surface area contributed by atoms with Gasteiger partial charge in [-0.3, -0.25) is 0 Å². The fourth-order valence-electron chi connectivity index (χ4n) is 2.83. The minimum absolute atomic E-state index is 0.317. The van der Waals surface area contributed by atoms with Gasteiger partial charge in [0, 0.05) is 25.7 Å². The van der Waals surface area contributed by atoms with E-state index in [1.54, 1.807) is 0 Å². The van der Waals surface area contributed by atoms with Crippen LogP contribution in [-0.2, 0) is 0 Å². The van der Waals surface area contributed by atoms with Gasteiger partial charge in [0.1, 0.15) is 0 Å². The first-order valence-corrected chi connectivity index (χ1v) is 7.72. The number of nitrogens with zero attached hydrogens (tertiary/aromatic N) is 5. The van der Waals surface area contributed by atoms with Gasteiger partial charge in [-0.05, 0) is 39.5 Å². The molecule has 112 valence electrons. The van der Waals surface area contributed by atoms with Crippen LogP contribution in [0.15, 0.2) is 0 Å². The van der Waals surface area contributed by atoms with Gasteiger partial charge in [0.05, 0.1) is 0 Å². The number of hydrogen-bond acceptors (Lipinski definition) is 6. The number of rotatable bonds is 5. The van der Waals surface area contributed by atoms with Gasteiger partial charge in [0.25, 0.3) is 0 Å². The number of nitrogen functional groups attached to an aromatic ring is 1. The Hall–Kier alpha value is -1.59. The topological polar surface area (TPSA) is 71.2 Å². The summed E-state index contributed by atoms with van der Waals surface area (Å²) in [5.41, 5.74) is 5.88. The van der Waals surface area contributed by atoms with Gasteiger partial charge >= 0.3 is 0 Å². The fourth-order valence-corrected chi connectivity index (χ4v) is 2.83. The number of aromatic nitrogens is 3. The zero-order valence-corrected chi connectivity index (χ0v) is 12.8. The minimum Gasteiger partial charge on any atom is -0.368 e. The van der Waals surface area contributed by atoms with Gasteiger partial charge in [-0.25, -0.2) is 0 Å². The fraction of sp³-hybridized carbons (Fsp3) is 0.786. The monoisotopic (exact) mass is 278 g/mol. The molecule has 6 nitrogen and oxygen atoms in total. The largest absolute Gasteiger partial charge is 0.368 e. The maximum atomic E-state index is 5.88. The summed E-state index contributed by atoms with van der Waals surface area (Å²) in [4.78, 5) is 17.7. The minimum atomic E-state index is 0.317. The van der Waals surface area contributed by atoms with Gasteiger partial charge in [0.2, 0.25) is 17.8 Å². The lowest BCUT2D eigenvalue weighted by Gasteiger charge is -2.35. The molecule has 1 unspecified atom stereocenters.